The van der Waals surface area contributed by atoms with E-state index in [0.29, 0.717) is 16.9 Å². The summed E-state index contributed by atoms with van der Waals surface area (Å²) in [6.45, 7) is 3.56. The molecule has 0 atom stereocenters. The third-order valence-electron chi connectivity index (χ3n) is 3.30. The molecule has 0 aliphatic heterocycles. The summed E-state index contributed by atoms with van der Waals surface area (Å²) in [7, 11) is 4.64. The van der Waals surface area contributed by atoms with E-state index in [1.807, 2.05) is 0 Å². The molecule has 0 aromatic carbocycles. The molecule has 2 heterocycles. The van der Waals surface area contributed by atoms with Crippen molar-refractivity contribution >= 4 is 17.6 Å². The summed E-state index contributed by atoms with van der Waals surface area (Å²) < 4.78 is 7.67. The molecular weight excluding hydrogens is 274 g/mol. The lowest BCUT2D eigenvalue weighted by molar-refractivity contribution is 0.0589. The van der Waals surface area contributed by atoms with Gasteiger partial charge in [-0.3, -0.25) is 14.2 Å². The second-order valence-corrected chi connectivity index (χ2v) is 4.65. The number of hydrogen-bond donors (Lipinski definition) is 1. The number of methoxy groups -OCH3 is 1. The van der Waals surface area contributed by atoms with Crippen molar-refractivity contribution < 1.29 is 14.3 Å². The second-order valence-electron chi connectivity index (χ2n) is 4.65. The van der Waals surface area contributed by atoms with E-state index in [-0.39, 0.29) is 11.6 Å². The van der Waals surface area contributed by atoms with Crippen LogP contribution < -0.4 is 5.32 Å². The van der Waals surface area contributed by atoms with Crippen LogP contribution in [0.25, 0.3) is 0 Å². The van der Waals surface area contributed by atoms with Crippen molar-refractivity contribution in [3.8, 4) is 0 Å². The van der Waals surface area contributed by atoms with Gasteiger partial charge in [0.2, 0.25) is 0 Å². The number of hydrogen-bond acceptors (Lipinski definition) is 5. The molecule has 0 radical (unpaired) electrons. The van der Waals surface area contributed by atoms with Crippen LogP contribution in [-0.4, -0.2) is 38.5 Å². The van der Waals surface area contributed by atoms with Gasteiger partial charge in [-0.2, -0.15) is 10.2 Å². The van der Waals surface area contributed by atoms with Crippen molar-refractivity contribution in [3.05, 3.63) is 28.8 Å². The Balaban J connectivity index is 2.35. The number of aryl methyl sites for hydroxylation is 3. The highest BCUT2D eigenvalue weighted by Gasteiger charge is 2.22. The van der Waals surface area contributed by atoms with E-state index in [1.165, 1.54) is 18.0 Å². The molecule has 8 heteroatoms. The van der Waals surface area contributed by atoms with Gasteiger partial charge in [0.15, 0.2) is 5.69 Å². The molecule has 0 aliphatic carbocycles. The van der Waals surface area contributed by atoms with Crippen molar-refractivity contribution in [2.45, 2.75) is 13.8 Å². The van der Waals surface area contributed by atoms with E-state index in [4.69, 9.17) is 0 Å². The van der Waals surface area contributed by atoms with Gasteiger partial charge in [0.1, 0.15) is 0 Å². The number of anilines is 1. The third kappa shape index (κ3) is 2.51. The van der Waals surface area contributed by atoms with E-state index in [9.17, 15) is 9.59 Å². The van der Waals surface area contributed by atoms with E-state index < -0.39 is 5.97 Å². The zero-order valence-electron chi connectivity index (χ0n) is 12.6. The summed E-state index contributed by atoms with van der Waals surface area (Å²) >= 11 is 0. The van der Waals surface area contributed by atoms with Crippen LogP contribution in [0, 0.1) is 13.8 Å². The minimum Gasteiger partial charge on any atom is -0.464 e. The SMILES string of the molecule is COC(=O)c1c(NC(=O)c2c(C)nn(C)c2C)cnn1C. The third-order valence-corrected chi connectivity index (χ3v) is 3.30. The molecule has 0 spiro atoms. The zero-order valence-corrected chi connectivity index (χ0v) is 12.6. The molecule has 112 valence electrons. The molecule has 0 bridgehead atoms. The van der Waals surface area contributed by atoms with Gasteiger partial charge >= 0.3 is 5.97 Å². The molecule has 0 unspecified atom stereocenters. The van der Waals surface area contributed by atoms with Crippen LogP contribution in [0.15, 0.2) is 6.20 Å². The predicted molar refractivity (Wildman–Crippen MR) is 75.2 cm³/mol. The number of ether oxygens (including phenoxy) is 1. The Kier molecular flexibility index (Phi) is 3.79. The van der Waals surface area contributed by atoms with Gasteiger partial charge in [0.25, 0.3) is 5.91 Å². The molecule has 0 saturated carbocycles. The number of aromatic nitrogens is 4. The van der Waals surface area contributed by atoms with Gasteiger partial charge in [-0.25, -0.2) is 4.79 Å². The maximum atomic E-state index is 12.4. The predicted octanol–water partition coefficient (Wildman–Crippen LogP) is 0.809. The van der Waals surface area contributed by atoms with Crippen LogP contribution in [0.4, 0.5) is 5.69 Å². The van der Waals surface area contributed by atoms with Crippen LogP contribution >= 0.6 is 0 Å². The van der Waals surface area contributed by atoms with E-state index >= 15 is 0 Å². The Morgan fingerprint density at radius 3 is 2.43 bits per heavy atom. The van der Waals surface area contributed by atoms with Crippen molar-refractivity contribution in [2.24, 2.45) is 14.1 Å². The molecule has 2 rings (SSSR count). The van der Waals surface area contributed by atoms with Gasteiger partial charge < -0.3 is 10.1 Å². The molecule has 8 nitrogen and oxygen atoms in total. The summed E-state index contributed by atoms with van der Waals surface area (Å²) in [5.41, 5.74) is 2.34. The molecule has 0 saturated heterocycles. The van der Waals surface area contributed by atoms with Crippen molar-refractivity contribution in [1.29, 1.82) is 0 Å². The Morgan fingerprint density at radius 2 is 1.90 bits per heavy atom. The fourth-order valence-corrected chi connectivity index (χ4v) is 2.15. The highest BCUT2D eigenvalue weighted by molar-refractivity contribution is 6.08. The van der Waals surface area contributed by atoms with Gasteiger partial charge in [0.05, 0.1) is 30.3 Å². The number of carbonyl (C=O) groups excluding carboxylic acids is 2. The Hall–Kier alpha value is -2.64. The average Bonchev–Trinajstić information content (AvgIpc) is 2.90. The van der Waals surface area contributed by atoms with Crippen LogP contribution in [0.2, 0.25) is 0 Å². The lowest BCUT2D eigenvalue weighted by Gasteiger charge is -2.06. The molecule has 0 fully saturated rings. The van der Waals surface area contributed by atoms with Crippen LogP contribution in [0.5, 0.6) is 0 Å². The number of nitrogens with zero attached hydrogens (tertiary/aromatic N) is 4. The van der Waals surface area contributed by atoms with Crippen molar-refractivity contribution in [2.75, 3.05) is 12.4 Å². The van der Waals surface area contributed by atoms with Crippen molar-refractivity contribution in [3.63, 3.8) is 0 Å². The molecular formula is C13H17N5O3. The van der Waals surface area contributed by atoms with E-state index in [0.717, 1.165) is 5.69 Å². The van der Waals surface area contributed by atoms with E-state index in [2.05, 4.69) is 20.3 Å². The fourth-order valence-electron chi connectivity index (χ4n) is 2.15. The van der Waals surface area contributed by atoms with Gasteiger partial charge in [-0.1, -0.05) is 0 Å². The Bertz CT molecular complexity index is 714. The highest BCUT2D eigenvalue weighted by Crippen LogP contribution is 2.19. The smallest absolute Gasteiger partial charge is 0.358 e. The van der Waals surface area contributed by atoms with Crippen LogP contribution in [-0.2, 0) is 18.8 Å². The number of carbonyl (C=O) groups is 2. The van der Waals surface area contributed by atoms with Gasteiger partial charge in [-0.05, 0) is 13.8 Å². The van der Waals surface area contributed by atoms with Crippen LogP contribution in [0.3, 0.4) is 0 Å². The quantitative estimate of drug-likeness (QED) is 0.845. The first kappa shape index (κ1) is 14.8. The van der Waals surface area contributed by atoms with Gasteiger partial charge in [-0.15, -0.1) is 0 Å². The first-order chi connectivity index (χ1) is 9.86. The molecule has 21 heavy (non-hydrogen) atoms. The minimum atomic E-state index is -0.565. The van der Waals surface area contributed by atoms with Crippen molar-refractivity contribution in [1.82, 2.24) is 19.6 Å². The number of amides is 1. The first-order valence-corrected chi connectivity index (χ1v) is 6.28. The summed E-state index contributed by atoms with van der Waals surface area (Å²) in [4.78, 5) is 24.1. The first-order valence-electron chi connectivity index (χ1n) is 6.28. The Labute approximate surface area is 121 Å². The zero-order chi connectivity index (χ0) is 15.7. The van der Waals surface area contributed by atoms with E-state index in [1.54, 1.807) is 32.6 Å². The normalized spacial score (nSPS) is 10.5. The number of esters is 1. The Morgan fingerprint density at radius 1 is 1.24 bits per heavy atom. The summed E-state index contributed by atoms with van der Waals surface area (Å²) in [5.74, 6) is -0.902. The number of rotatable bonds is 3. The fraction of sp³-hybridized carbons (Fsp3) is 0.385. The maximum Gasteiger partial charge on any atom is 0.358 e. The summed E-state index contributed by atoms with van der Waals surface area (Å²) in [6, 6.07) is 0. The number of nitrogens with one attached hydrogen (secondary N) is 1. The lowest BCUT2D eigenvalue weighted by atomic mass is 10.2. The van der Waals surface area contributed by atoms with Crippen LogP contribution in [0.1, 0.15) is 32.2 Å². The lowest BCUT2D eigenvalue weighted by Crippen LogP contribution is -2.17. The maximum absolute atomic E-state index is 12.4. The highest BCUT2D eigenvalue weighted by atomic mass is 16.5. The molecule has 1 amide bonds. The molecule has 2 aromatic rings. The topological polar surface area (TPSA) is 91.0 Å². The minimum absolute atomic E-state index is 0.185. The molecule has 1 N–H and O–H groups in total. The average molecular weight is 291 g/mol. The summed E-state index contributed by atoms with van der Waals surface area (Å²) in [5, 5.41) is 10.8. The largest absolute Gasteiger partial charge is 0.464 e. The summed E-state index contributed by atoms with van der Waals surface area (Å²) in [6.07, 6.45) is 1.41. The van der Waals surface area contributed by atoms with Gasteiger partial charge in [0, 0.05) is 19.8 Å². The monoisotopic (exact) mass is 291 g/mol. The molecule has 0 aliphatic rings. The molecule has 2 aromatic heterocycles. The standard InChI is InChI=1S/C13H17N5O3/c1-7-10(8(2)17(3)16-7)12(19)15-9-6-14-18(4)11(9)13(20)21-5/h6H,1-5H3,(H,15,19). The second kappa shape index (κ2) is 5.39.